The number of methoxy groups -OCH3 is 1. The van der Waals surface area contributed by atoms with E-state index in [2.05, 4.69) is 10.4 Å². The second-order valence-electron chi connectivity index (χ2n) is 6.24. The smallest absolute Gasteiger partial charge is 0.261 e. The zero-order valence-electron chi connectivity index (χ0n) is 15.4. The number of aromatic nitrogens is 2. The average Bonchev–Trinajstić information content (AvgIpc) is 2.98. The Labute approximate surface area is 155 Å². The molecule has 0 saturated heterocycles. The summed E-state index contributed by atoms with van der Waals surface area (Å²) >= 11 is 0. The summed E-state index contributed by atoms with van der Waals surface area (Å²) in [5.74, 6) is -3.13. The van der Waals surface area contributed by atoms with Crippen LogP contribution < -0.4 is 10.1 Å². The first-order valence-corrected chi connectivity index (χ1v) is 8.29. The maximum atomic E-state index is 14.3. The Balaban J connectivity index is 1.95. The molecule has 0 unspecified atom stereocenters. The minimum atomic E-state index is -1.05. The fourth-order valence-corrected chi connectivity index (χ4v) is 2.81. The van der Waals surface area contributed by atoms with Gasteiger partial charge in [0.1, 0.15) is 11.4 Å². The van der Waals surface area contributed by atoms with Crippen LogP contribution >= 0.6 is 0 Å². The Hall–Kier alpha value is -3.22. The number of nitrogens with zero attached hydrogens (tertiary/aromatic N) is 2. The first kappa shape index (κ1) is 18.6. The maximum Gasteiger partial charge on any atom is 0.261 e. The van der Waals surface area contributed by atoms with Crippen LogP contribution in [0.2, 0.25) is 0 Å². The van der Waals surface area contributed by atoms with E-state index in [4.69, 9.17) is 4.74 Å². The minimum absolute atomic E-state index is 0.204. The lowest BCUT2D eigenvalue weighted by atomic mass is 10.1. The van der Waals surface area contributed by atoms with Gasteiger partial charge in [0.25, 0.3) is 5.91 Å². The van der Waals surface area contributed by atoms with Gasteiger partial charge in [-0.25, -0.2) is 13.5 Å². The molecule has 0 saturated carbocycles. The van der Waals surface area contributed by atoms with Gasteiger partial charge in [-0.1, -0.05) is 12.1 Å². The number of benzene rings is 2. The molecule has 7 heteroatoms. The molecule has 0 aliphatic heterocycles. The van der Waals surface area contributed by atoms with Gasteiger partial charge < -0.3 is 10.1 Å². The summed E-state index contributed by atoms with van der Waals surface area (Å²) in [6.45, 7) is 5.69. The standard InChI is InChI=1S/C20H19F2N3O2/c1-11-5-6-12(2)16(9-11)25-13(3)15(10-23-25)24-20(26)18-14(21)7-8-17(27-4)19(18)22/h5-10H,1-4H3,(H,24,26). The second-order valence-corrected chi connectivity index (χ2v) is 6.24. The highest BCUT2D eigenvalue weighted by Gasteiger charge is 2.22. The molecule has 1 amide bonds. The number of aryl methyl sites for hydroxylation is 2. The summed E-state index contributed by atoms with van der Waals surface area (Å²) in [6.07, 6.45) is 1.45. The van der Waals surface area contributed by atoms with Crippen molar-refractivity contribution < 1.29 is 18.3 Å². The van der Waals surface area contributed by atoms with E-state index in [0.717, 1.165) is 28.9 Å². The molecule has 27 heavy (non-hydrogen) atoms. The number of carbonyl (C=O) groups excluding carboxylic acids is 1. The van der Waals surface area contributed by atoms with Crippen molar-refractivity contribution in [2.24, 2.45) is 0 Å². The van der Waals surface area contributed by atoms with Crippen LogP contribution in [0.25, 0.3) is 5.69 Å². The molecule has 3 aromatic rings. The molecule has 0 aliphatic carbocycles. The predicted octanol–water partition coefficient (Wildman–Crippen LogP) is 4.34. The fourth-order valence-electron chi connectivity index (χ4n) is 2.81. The Kier molecular flexibility index (Phi) is 4.94. The van der Waals surface area contributed by atoms with Crippen molar-refractivity contribution in [1.82, 2.24) is 9.78 Å². The van der Waals surface area contributed by atoms with Crippen LogP contribution in [0.5, 0.6) is 5.75 Å². The lowest BCUT2D eigenvalue weighted by Gasteiger charge is -2.11. The van der Waals surface area contributed by atoms with Crippen LogP contribution in [0.3, 0.4) is 0 Å². The molecule has 0 spiro atoms. The average molecular weight is 371 g/mol. The van der Waals surface area contributed by atoms with Crippen LogP contribution in [0.15, 0.2) is 36.5 Å². The lowest BCUT2D eigenvalue weighted by Crippen LogP contribution is -2.17. The van der Waals surface area contributed by atoms with Crippen LogP contribution in [0, 0.1) is 32.4 Å². The topological polar surface area (TPSA) is 56.1 Å². The van der Waals surface area contributed by atoms with E-state index in [0.29, 0.717) is 11.4 Å². The third kappa shape index (κ3) is 3.40. The van der Waals surface area contributed by atoms with Crippen molar-refractivity contribution in [3.8, 4) is 11.4 Å². The van der Waals surface area contributed by atoms with E-state index in [1.54, 1.807) is 11.6 Å². The highest BCUT2D eigenvalue weighted by Crippen LogP contribution is 2.26. The summed E-state index contributed by atoms with van der Waals surface area (Å²) in [4.78, 5) is 12.5. The number of nitrogens with one attached hydrogen (secondary N) is 1. The molecule has 0 bridgehead atoms. The normalized spacial score (nSPS) is 10.7. The Morgan fingerprint density at radius 1 is 1.15 bits per heavy atom. The Morgan fingerprint density at radius 2 is 1.89 bits per heavy atom. The monoisotopic (exact) mass is 371 g/mol. The van der Waals surface area contributed by atoms with Gasteiger partial charge in [0.15, 0.2) is 11.6 Å². The number of hydrogen-bond donors (Lipinski definition) is 1. The van der Waals surface area contributed by atoms with Crippen molar-refractivity contribution in [3.63, 3.8) is 0 Å². The zero-order chi connectivity index (χ0) is 19.7. The minimum Gasteiger partial charge on any atom is -0.494 e. The van der Waals surface area contributed by atoms with Crippen molar-refractivity contribution >= 4 is 11.6 Å². The summed E-state index contributed by atoms with van der Waals surface area (Å²) in [5.41, 5.74) is 3.24. The van der Waals surface area contributed by atoms with Crippen LogP contribution in [0.4, 0.5) is 14.5 Å². The summed E-state index contributed by atoms with van der Waals surface area (Å²) in [5, 5.41) is 6.83. The largest absolute Gasteiger partial charge is 0.494 e. The predicted molar refractivity (Wildman–Crippen MR) is 98.6 cm³/mol. The summed E-state index contributed by atoms with van der Waals surface area (Å²) in [7, 11) is 1.25. The maximum absolute atomic E-state index is 14.3. The SMILES string of the molecule is COc1ccc(F)c(C(=O)Nc2cnn(-c3cc(C)ccc3C)c2C)c1F. The molecule has 0 atom stereocenters. The van der Waals surface area contributed by atoms with Crippen molar-refractivity contribution in [2.45, 2.75) is 20.8 Å². The summed E-state index contributed by atoms with van der Waals surface area (Å²) < 4.78 is 34.8. The Bertz CT molecular complexity index is 1030. The van der Waals surface area contributed by atoms with Crippen LogP contribution in [-0.4, -0.2) is 22.8 Å². The van der Waals surface area contributed by atoms with E-state index in [1.165, 1.54) is 13.3 Å². The van der Waals surface area contributed by atoms with Crippen molar-refractivity contribution in [2.75, 3.05) is 12.4 Å². The zero-order valence-corrected chi connectivity index (χ0v) is 15.4. The van der Waals surface area contributed by atoms with Crippen molar-refractivity contribution in [1.29, 1.82) is 0 Å². The van der Waals surface area contributed by atoms with Gasteiger partial charge >= 0.3 is 0 Å². The second kappa shape index (κ2) is 7.19. The van der Waals surface area contributed by atoms with Gasteiger partial charge in [0, 0.05) is 0 Å². The number of carbonyl (C=O) groups is 1. The van der Waals surface area contributed by atoms with Crippen LogP contribution in [0.1, 0.15) is 27.2 Å². The van der Waals surface area contributed by atoms with Gasteiger partial charge in [-0.15, -0.1) is 0 Å². The number of halogens is 2. The molecule has 1 heterocycles. The fraction of sp³-hybridized carbons (Fsp3) is 0.200. The van der Waals surface area contributed by atoms with Crippen molar-refractivity contribution in [3.05, 3.63) is 70.5 Å². The van der Waals surface area contributed by atoms with E-state index in [1.807, 2.05) is 32.0 Å². The molecule has 2 aromatic carbocycles. The molecule has 1 N–H and O–H groups in total. The molecule has 140 valence electrons. The third-order valence-electron chi connectivity index (χ3n) is 4.35. The highest BCUT2D eigenvalue weighted by molar-refractivity contribution is 6.05. The first-order valence-electron chi connectivity index (χ1n) is 8.29. The molecule has 1 aromatic heterocycles. The van der Waals surface area contributed by atoms with Gasteiger partial charge in [-0.2, -0.15) is 5.10 Å². The lowest BCUT2D eigenvalue weighted by molar-refractivity contribution is 0.101. The quantitative estimate of drug-likeness (QED) is 0.742. The first-order chi connectivity index (χ1) is 12.8. The van der Waals surface area contributed by atoms with E-state index < -0.39 is 23.1 Å². The molecular formula is C20H19F2N3O2. The number of rotatable bonds is 4. The number of amides is 1. The van der Waals surface area contributed by atoms with Gasteiger partial charge in [-0.05, 0) is 50.1 Å². The van der Waals surface area contributed by atoms with E-state index >= 15 is 0 Å². The molecule has 5 nitrogen and oxygen atoms in total. The van der Waals surface area contributed by atoms with E-state index in [9.17, 15) is 13.6 Å². The van der Waals surface area contributed by atoms with Gasteiger partial charge in [-0.3, -0.25) is 4.79 Å². The summed E-state index contributed by atoms with van der Waals surface area (Å²) in [6, 6.07) is 8.07. The molecule has 0 radical (unpaired) electrons. The number of hydrogen-bond acceptors (Lipinski definition) is 3. The number of ether oxygens (including phenoxy) is 1. The molecule has 0 fully saturated rings. The molecule has 3 rings (SSSR count). The Morgan fingerprint density at radius 3 is 2.59 bits per heavy atom. The number of anilines is 1. The molecule has 0 aliphatic rings. The highest BCUT2D eigenvalue weighted by atomic mass is 19.1. The van der Waals surface area contributed by atoms with E-state index in [-0.39, 0.29) is 5.75 Å². The van der Waals surface area contributed by atoms with Gasteiger partial charge in [0.05, 0.1) is 30.4 Å². The molecular weight excluding hydrogens is 352 g/mol. The third-order valence-corrected chi connectivity index (χ3v) is 4.35. The van der Waals surface area contributed by atoms with Gasteiger partial charge in [0.2, 0.25) is 0 Å². The van der Waals surface area contributed by atoms with Crippen LogP contribution in [-0.2, 0) is 0 Å².